The van der Waals surface area contributed by atoms with Gasteiger partial charge in [0.15, 0.2) is 0 Å². The molecule has 0 aromatic heterocycles. The molecule has 0 saturated carbocycles. The highest BCUT2D eigenvalue weighted by atomic mass is 35.5. The van der Waals surface area contributed by atoms with E-state index < -0.39 is 0 Å². The van der Waals surface area contributed by atoms with Gasteiger partial charge in [0.05, 0.1) is 5.56 Å². The molecule has 0 unspecified atom stereocenters. The smallest absolute Gasteiger partial charge is 0.338 e. The second-order valence-corrected chi connectivity index (χ2v) is 6.25. The zero-order valence-corrected chi connectivity index (χ0v) is 13.7. The summed E-state index contributed by atoms with van der Waals surface area (Å²) in [7, 11) is 0. The SMILES string of the molecule is O=C(OC1CCN(Cc2ccccc2Cl)CC1)c1ccccc1. The minimum Gasteiger partial charge on any atom is -0.459 e. The van der Waals surface area contributed by atoms with E-state index in [4.69, 9.17) is 16.3 Å². The highest BCUT2D eigenvalue weighted by Gasteiger charge is 2.23. The summed E-state index contributed by atoms with van der Waals surface area (Å²) in [5, 5.41) is 0.810. The summed E-state index contributed by atoms with van der Waals surface area (Å²) in [4.78, 5) is 14.4. The first-order chi connectivity index (χ1) is 11.2. The van der Waals surface area contributed by atoms with Crippen molar-refractivity contribution in [3.05, 3.63) is 70.7 Å². The Morgan fingerprint density at radius 3 is 2.39 bits per heavy atom. The topological polar surface area (TPSA) is 29.5 Å². The highest BCUT2D eigenvalue weighted by molar-refractivity contribution is 6.31. The van der Waals surface area contributed by atoms with Crippen LogP contribution in [0.3, 0.4) is 0 Å². The zero-order chi connectivity index (χ0) is 16.1. The molecule has 3 rings (SSSR count). The Bertz CT molecular complexity index is 651. The Hall–Kier alpha value is -1.84. The summed E-state index contributed by atoms with van der Waals surface area (Å²) in [6, 6.07) is 17.1. The summed E-state index contributed by atoms with van der Waals surface area (Å²) >= 11 is 6.21. The molecule has 120 valence electrons. The number of esters is 1. The largest absolute Gasteiger partial charge is 0.459 e. The van der Waals surface area contributed by atoms with Crippen LogP contribution in [0.2, 0.25) is 5.02 Å². The van der Waals surface area contributed by atoms with Gasteiger partial charge in [-0.15, -0.1) is 0 Å². The lowest BCUT2D eigenvalue weighted by Crippen LogP contribution is -2.37. The third-order valence-corrected chi connectivity index (χ3v) is 4.54. The molecule has 23 heavy (non-hydrogen) atoms. The van der Waals surface area contributed by atoms with Crippen LogP contribution in [0.25, 0.3) is 0 Å². The highest BCUT2D eigenvalue weighted by Crippen LogP contribution is 2.21. The number of carbonyl (C=O) groups excluding carboxylic acids is 1. The number of likely N-dealkylation sites (tertiary alicyclic amines) is 1. The average Bonchev–Trinajstić information content (AvgIpc) is 2.59. The fourth-order valence-electron chi connectivity index (χ4n) is 2.85. The lowest BCUT2D eigenvalue weighted by atomic mass is 10.1. The number of hydrogen-bond donors (Lipinski definition) is 0. The normalized spacial score (nSPS) is 16.2. The summed E-state index contributed by atoms with van der Waals surface area (Å²) in [5.74, 6) is -0.227. The van der Waals surface area contributed by atoms with Crippen LogP contribution in [0, 0.1) is 0 Å². The van der Waals surface area contributed by atoms with E-state index in [0.29, 0.717) is 5.56 Å². The van der Waals surface area contributed by atoms with E-state index in [2.05, 4.69) is 11.0 Å². The molecule has 1 fully saturated rings. The maximum absolute atomic E-state index is 12.1. The van der Waals surface area contributed by atoms with Crippen molar-refractivity contribution in [1.29, 1.82) is 0 Å². The Morgan fingerprint density at radius 1 is 1.04 bits per heavy atom. The minimum absolute atomic E-state index is 0.00482. The van der Waals surface area contributed by atoms with Crippen LogP contribution in [0.5, 0.6) is 0 Å². The molecule has 1 heterocycles. The second kappa shape index (κ2) is 7.62. The number of carbonyl (C=O) groups is 1. The van der Waals surface area contributed by atoms with Crippen LogP contribution in [-0.4, -0.2) is 30.1 Å². The molecular formula is C19H20ClNO2. The van der Waals surface area contributed by atoms with Gasteiger partial charge in [0, 0.05) is 24.7 Å². The van der Waals surface area contributed by atoms with Crippen LogP contribution < -0.4 is 0 Å². The molecule has 0 amide bonds. The van der Waals surface area contributed by atoms with E-state index in [1.54, 1.807) is 12.1 Å². The fraction of sp³-hybridized carbons (Fsp3) is 0.316. The number of nitrogens with zero attached hydrogens (tertiary/aromatic N) is 1. The van der Waals surface area contributed by atoms with Crippen molar-refractivity contribution in [2.75, 3.05) is 13.1 Å². The first-order valence-electron chi connectivity index (χ1n) is 7.94. The Balaban J connectivity index is 1.49. The number of halogens is 1. The van der Waals surface area contributed by atoms with Crippen LogP contribution >= 0.6 is 11.6 Å². The number of rotatable bonds is 4. The van der Waals surface area contributed by atoms with Gasteiger partial charge in [-0.1, -0.05) is 48.0 Å². The van der Waals surface area contributed by atoms with E-state index in [9.17, 15) is 4.79 Å². The second-order valence-electron chi connectivity index (χ2n) is 5.84. The van der Waals surface area contributed by atoms with Gasteiger partial charge in [0.2, 0.25) is 0 Å². The molecule has 0 aliphatic carbocycles. The van der Waals surface area contributed by atoms with Crippen molar-refractivity contribution >= 4 is 17.6 Å². The van der Waals surface area contributed by atoms with E-state index >= 15 is 0 Å². The third-order valence-electron chi connectivity index (χ3n) is 4.17. The quantitative estimate of drug-likeness (QED) is 0.789. The molecule has 0 spiro atoms. The molecule has 1 saturated heterocycles. The Morgan fingerprint density at radius 2 is 1.70 bits per heavy atom. The molecule has 1 aliphatic heterocycles. The lowest BCUT2D eigenvalue weighted by molar-refractivity contribution is 0.0104. The van der Waals surface area contributed by atoms with Gasteiger partial charge in [-0.3, -0.25) is 4.90 Å². The van der Waals surface area contributed by atoms with Gasteiger partial charge in [0.1, 0.15) is 6.10 Å². The van der Waals surface area contributed by atoms with Crippen molar-refractivity contribution in [1.82, 2.24) is 4.90 Å². The Labute approximate surface area is 141 Å². The first-order valence-corrected chi connectivity index (χ1v) is 8.32. The lowest BCUT2D eigenvalue weighted by Gasteiger charge is -2.31. The monoisotopic (exact) mass is 329 g/mol. The molecule has 2 aromatic carbocycles. The van der Waals surface area contributed by atoms with Gasteiger partial charge in [-0.05, 0) is 36.6 Å². The van der Waals surface area contributed by atoms with E-state index in [-0.39, 0.29) is 12.1 Å². The summed E-state index contributed by atoms with van der Waals surface area (Å²) in [6.07, 6.45) is 1.73. The molecule has 1 aliphatic rings. The number of hydrogen-bond acceptors (Lipinski definition) is 3. The predicted octanol–water partition coefficient (Wildman–Crippen LogP) is 4.16. The standard InChI is InChI=1S/C19H20ClNO2/c20-18-9-5-4-8-16(18)14-21-12-10-17(11-13-21)23-19(22)15-6-2-1-3-7-15/h1-9,17H,10-14H2. The van der Waals surface area contributed by atoms with Gasteiger partial charge in [-0.2, -0.15) is 0 Å². The van der Waals surface area contributed by atoms with Crippen LogP contribution in [0.4, 0.5) is 0 Å². The molecule has 2 aromatic rings. The van der Waals surface area contributed by atoms with Crippen LogP contribution in [0.1, 0.15) is 28.8 Å². The zero-order valence-electron chi connectivity index (χ0n) is 13.0. The molecule has 0 radical (unpaired) electrons. The summed E-state index contributed by atoms with van der Waals surface area (Å²) in [5.41, 5.74) is 1.76. The number of piperidine rings is 1. The number of benzene rings is 2. The van der Waals surface area contributed by atoms with Gasteiger partial charge < -0.3 is 4.74 Å². The Kier molecular flexibility index (Phi) is 5.31. The maximum Gasteiger partial charge on any atom is 0.338 e. The maximum atomic E-state index is 12.1. The molecule has 0 bridgehead atoms. The van der Waals surface area contributed by atoms with Crippen molar-refractivity contribution in [2.45, 2.75) is 25.5 Å². The van der Waals surface area contributed by atoms with Crippen molar-refractivity contribution in [2.24, 2.45) is 0 Å². The molecule has 3 nitrogen and oxygen atoms in total. The van der Waals surface area contributed by atoms with E-state index in [1.807, 2.05) is 36.4 Å². The summed E-state index contributed by atoms with van der Waals surface area (Å²) in [6.45, 7) is 2.68. The molecule has 0 N–H and O–H groups in total. The van der Waals surface area contributed by atoms with Crippen LogP contribution in [-0.2, 0) is 11.3 Å². The van der Waals surface area contributed by atoms with Gasteiger partial charge in [-0.25, -0.2) is 4.79 Å². The molecule has 0 atom stereocenters. The van der Waals surface area contributed by atoms with Gasteiger partial charge >= 0.3 is 5.97 Å². The molecular weight excluding hydrogens is 310 g/mol. The molecule has 4 heteroatoms. The van der Waals surface area contributed by atoms with Crippen LogP contribution in [0.15, 0.2) is 54.6 Å². The van der Waals surface area contributed by atoms with Crippen molar-refractivity contribution in [3.63, 3.8) is 0 Å². The first kappa shape index (κ1) is 16.0. The number of ether oxygens (including phenoxy) is 1. The van der Waals surface area contributed by atoms with E-state index in [0.717, 1.165) is 43.1 Å². The fourth-order valence-corrected chi connectivity index (χ4v) is 3.04. The van der Waals surface area contributed by atoms with Crippen molar-refractivity contribution < 1.29 is 9.53 Å². The van der Waals surface area contributed by atoms with Gasteiger partial charge in [0.25, 0.3) is 0 Å². The minimum atomic E-state index is -0.227. The third kappa shape index (κ3) is 4.34. The van der Waals surface area contributed by atoms with Crippen molar-refractivity contribution in [3.8, 4) is 0 Å². The predicted molar refractivity (Wildman–Crippen MR) is 91.6 cm³/mol. The average molecular weight is 330 g/mol. The van der Waals surface area contributed by atoms with E-state index in [1.165, 1.54) is 0 Å². The summed E-state index contributed by atoms with van der Waals surface area (Å²) < 4.78 is 5.61.